The third kappa shape index (κ3) is 2.30. The maximum atomic E-state index is 5.80. The Labute approximate surface area is 93.5 Å². The standard InChI is InChI=1S/C11H12ClN3/c1-8-6-15(14-11(8)13)7-9-2-4-10(12)5-3-9/h2-6H,7H2,1H3,(H2,13,14). The number of nitrogens with two attached hydrogens (primary N) is 1. The number of nitrogen functional groups attached to an aromatic ring is 1. The monoisotopic (exact) mass is 221 g/mol. The van der Waals surface area contributed by atoms with Crippen molar-refractivity contribution < 1.29 is 0 Å². The molecule has 2 rings (SSSR count). The maximum Gasteiger partial charge on any atom is 0.148 e. The molecule has 0 unspecified atom stereocenters. The molecule has 0 aliphatic carbocycles. The van der Waals surface area contributed by atoms with Gasteiger partial charge in [0.25, 0.3) is 0 Å². The van der Waals surface area contributed by atoms with Gasteiger partial charge in [-0.05, 0) is 24.6 Å². The molecule has 0 saturated carbocycles. The Morgan fingerprint density at radius 3 is 2.53 bits per heavy atom. The van der Waals surface area contributed by atoms with E-state index in [1.165, 1.54) is 0 Å². The number of nitrogens with zero attached hydrogens (tertiary/aromatic N) is 2. The van der Waals surface area contributed by atoms with Gasteiger partial charge >= 0.3 is 0 Å². The first-order valence-corrected chi connectivity index (χ1v) is 5.07. The highest BCUT2D eigenvalue weighted by atomic mass is 35.5. The van der Waals surface area contributed by atoms with Crippen molar-refractivity contribution in [3.63, 3.8) is 0 Å². The van der Waals surface area contributed by atoms with E-state index in [4.69, 9.17) is 17.3 Å². The Balaban J connectivity index is 2.18. The summed E-state index contributed by atoms with van der Waals surface area (Å²) in [6, 6.07) is 7.71. The number of hydrogen-bond donors (Lipinski definition) is 1. The van der Waals surface area contributed by atoms with Crippen molar-refractivity contribution >= 4 is 17.4 Å². The quantitative estimate of drug-likeness (QED) is 0.847. The maximum absolute atomic E-state index is 5.80. The fraction of sp³-hybridized carbons (Fsp3) is 0.182. The van der Waals surface area contributed by atoms with Crippen LogP contribution >= 0.6 is 11.6 Å². The lowest BCUT2D eigenvalue weighted by Crippen LogP contribution is -2.00. The third-order valence-corrected chi connectivity index (χ3v) is 2.49. The molecule has 2 N–H and O–H groups in total. The van der Waals surface area contributed by atoms with E-state index < -0.39 is 0 Å². The van der Waals surface area contributed by atoms with Crippen LogP contribution in [0.4, 0.5) is 5.82 Å². The second-order valence-electron chi connectivity index (χ2n) is 3.52. The molecule has 0 spiro atoms. The van der Waals surface area contributed by atoms with E-state index in [1.54, 1.807) is 0 Å². The van der Waals surface area contributed by atoms with Gasteiger partial charge in [0.1, 0.15) is 5.82 Å². The second-order valence-corrected chi connectivity index (χ2v) is 3.96. The molecule has 1 aromatic carbocycles. The summed E-state index contributed by atoms with van der Waals surface area (Å²) in [5, 5.41) is 4.93. The number of anilines is 1. The van der Waals surface area contributed by atoms with Crippen molar-refractivity contribution in [3.05, 3.63) is 46.6 Å². The van der Waals surface area contributed by atoms with Crippen LogP contribution in [0.5, 0.6) is 0 Å². The van der Waals surface area contributed by atoms with E-state index in [2.05, 4.69) is 5.10 Å². The van der Waals surface area contributed by atoms with Crippen molar-refractivity contribution in [2.45, 2.75) is 13.5 Å². The van der Waals surface area contributed by atoms with E-state index >= 15 is 0 Å². The van der Waals surface area contributed by atoms with Crippen LogP contribution in [0.25, 0.3) is 0 Å². The predicted octanol–water partition coefficient (Wildman–Crippen LogP) is 2.48. The molecule has 0 bridgehead atoms. The Morgan fingerprint density at radius 2 is 2.00 bits per heavy atom. The van der Waals surface area contributed by atoms with Crippen molar-refractivity contribution in [2.75, 3.05) is 5.73 Å². The van der Waals surface area contributed by atoms with Gasteiger partial charge in [0.05, 0.1) is 6.54 Å². The van der Waals surface area contributed by atoms with Crippen LogP contribution in [-0.4, -0.2) is 9.78 Å². The van der Waals surface area contributed by atoms with Gasteiger partial charge < -0.3 is 5.73 Å². The van der Waals surface area contributed by atoms with Crippen molar-refractivity contribution in [1.82, 2.24) is 9.78 Å². The van der Waals surface area contributed by atoms with E-state index in [9.17, 15) is 0 Å². The Kier molecular flexibility index (Phi) is 2.64. The highest BCUT2D eigenvalue weighted by Gasteiger charge is 2.01. The lowest BCUT2D eigenvalue weighted by Gasteiger charge is -2.01. The van der Waals surface area contributed by atoms with Gasteiger partial charge in [-0.1, -0.05) is 23.7 Å². The fourth-order valence-electron chi connectivity index (χ4n) is 1.39. The number of aromatic nitrogens is 2. The van der Waals surface area contributed by atoms with Gasteiger partial charge in [-0.3, -0.25) is 4.68 Å². The van der Waals surface area contributed by atoms with Gasteiger partial charge in [-0.25, -0.2) is 0 Å². The van der Waals surface area contributed by atoms with Gasteiger partial charge in [0.15, 0.2) is 0 Å². The van der Waals surface area contributed by atoms with Crippen LogP contribution in [-0.2, 0) is 6.54 Å². The summed E-state index contributed by atoms with van der Waals surface area (Å²) >= 11 is 5.80. The molecule has 3 nitrogen and oxygen atoms in total. The summed E-state index contributed by atoms with van der Waals surface area (Å²) in [7, 11) is 0. The summed E-state index contributed by atoms with van der Waals surface area (Å²) in [6.07, 6.45) is 1.93. The van der Waals surface area contributed by atoms with E-state index in [0.29, 0.717) is 5.82 Å². The number of benzene rings is 1. The van der Waals surface area contributed by atoms with Gasteiger partial charge in [-0.15, -0.1) is 0 Å². The molecule has 1 aromatic heterocycles. The minimum atomic E-state index is 0.587. The van der Waals surface area contributed by atoms with Gasteiger partial charge in [0.2, 0.25) is 0 Å². The van der Waals surface area contributed by atoms with Gasteiger partial charge in [0, 0.05) is 16.8 Å². The fourth-order valence-corrected chi connectivity index (χ4v) is 1.52. The minimum absolute atomic E-state index is 0.587. The largest absolute Gasteiger partial charge is 0.382 e. The summed E-state index contributed by atoms with van der Waals surface area (Å²) < 4.78 is 1.83. The second kappa shape index (κ2) is 3.95. The van der Waals surface area contributed by atoms with Crippen molar-refractivity contribution in [1.29, 1.82) is 0 Å². The van der Waals surface area contributed by atoms with E-state index in [0.717, 1.165) is 22.7 Å². The number of halogens is 1. The van der Waals surface area contributed by atoms with Crippen LogP contribution in [0.15, 0.2) is 30.5 Å². The van der Waals surface area contributed by atoms with E-state index in [-0.39, 0.29) is 0 Å². The third-order valence-electron chi connectivity index (χ3n) is 2.24. The van der Waals surface area contributed by atoms with Crippen LogP contribution < -0.4 is 5.73 Å². The molecule has 0 aliphatic heterocycles. The molecular formula is C11H12ClN3. The molecular weight excluding hydrogens is 210 g/mol. The van der Waals surface area contributed by atoms with Crippen LogP contribution in [0, 0.1) is 6.92 Å². The van der Waals surface area contributed by atoms with Crippen LogP contribution in [0.2, 0.25) is 5.02 Å². The Morgan fingerprint density at radius 1 is 1.33 bits per heavy atom. The highest BCUT2D eigenvalue weighted by Crippen LogP contribution is 2.12. The van der Waals surface area contributed by atoms with Crippen molar-refractivity contribution in [2.24, 2.45) is 0 Å². The summed E-state index contributed by atoms with van der Waals surface area (Å²) in [5.74, 6) is 0.587. The summed E-state index contributed by atoms with van der Waals surface area (Å²) in [5.41, 5.74) is 7.82. The zero-order chi connectivity index (χ0) is 10.8. The molecule has 15 heavy (non-hydrogen) atoms. The Bertz CT molecular complexity index is 440. The summed E-state index contributed by atoms with van der Waals surface area (Å²) in [4.78, 5) is 0. The van der Waals surface area contributed by atoms with Crippen molar-refractivity contribution in [3.8, 4) is 0 Å². The predicted molar refractivity (Wildman–Crippen MR) is 61.9 cm³/mol. The smallest absolute Gasteiger partial charge is 0.148 e. The molecule has 0 atom stereocenters. The number of aryl methyl sites for hydroxylation is 1. The van der Waals surface area contributed by atoms with Gasteiger partial charge in [-0.2, -0.15) is 5.10 Å². The molecule has 4 heteroatoms. The molecule has 2 aromatic rings. The first kappa shape index (κ1) is 10.1. The first-order chi connectivity index (χ1) is 7.15. The lowest BCUT2D eigenvalue weighted by atomic mass is 10.2. The zero-order valence-electron chi connectivity index (χ0n) is 8.44. The lowest BCUT2D eigenvalue weighted by molar-refractivity contribution is 0.690. The number of hydrogen-bond acceptors (Lipinski definition) is 2. The van der Waals surface area contributed by atoms with Crippen LogP contribution in [0.1, 0.15) is 11.1 Å². The van der Waals surface area contributed by atoms with Crippen LogP contribution in [0.3, 0.4) is 0 Å². The van der Waals surface area contributed by atoms with E-state index in [1.807, 2.05) is 42.1 Å². The first-order valence-electron chi connectivity index (χ1n) is 4.69. The molecule has 78 valence electrons. The SMILES string of the molecule is Cc1cn(Cc2ccc(Cl)cc2)nc1N. The topological polar surface area (TPSA) is 43.8 Å². The zero-order valence-corrected chi connectivity index (χ0v) is 9.20. The highest BCUT2D eigenvalue weighted by molar-refractivity contribution is 6.30. The normalized spacial score (nSPS) is 10.5. The molecule has 0 aliphatic rings. The molecule has 0 saturated heterocycles. The average molecular weight is 222 g/mol. The average Bonchev–Trinajstić information content (AvgIpc) is 2.50. The molecule has 1 heterocycles. The molecule has 0 radical (unpaired) electrons. The minimum Gasteiger partial charge on any atom is -0.382 e. The summed E-state index contributed by atoms with van der Waals surface area (Å²) in [6.45, 7) is 2.66. The Hall–Kier alpha value is -1.48. The number of rotatable bonds is 2. The molecule has 0 fully saturated rings. The molecule has 0 amide bonds.